The second-order valence-corrected chi connectivity index (χ2v) is 7.93. The molecular weight excluding hydrogens is 416 g/mol. The molecule has 32 heavy (non-hydrogen) atoms. The SMILES string of the molecule is CCC(C)C(=O)CCOCCNC(=O)CCOCCC(=O)NCCOCCC(=O)C(C)C. The van der Waals surface area contributed by atoms with Crippen molar-refractivity contribution in [2.24, 2.45) is 11.8 Å². The van der Waals surface area contributed by atoms with E-state index in [1.165, 1.54) is 0 Å². The summed E-state index contributed by atoms with van der Waals surface area (Å²) in [5.41, 5.74) is 0. The van der Waals surface area contributed by atoms with Gasteiger partial charge < -0.3 is 24.8 Å². The quantitative estimate of drug-likeness (QED) is 0.251. The first-order valence-corrected chi connectivity index (χ1v) is 11.6. The van der Waals surface area contributed by atoms with Gasteiger partial charge in [-0.25, -0.2) is 0 Å². The highest BCUT2D eigenvalue weighted by molar-refractivity contribution is 5.81. The van der Waals surface area contributed by atoms with Gasteiger partial charge in [0.25, 0.3) is 0 Å². The first-order chi connectivity index (χ1) is 15.3. The molecule has 9 heteroatoms. The minimum atomic E-state index is -0.153. The average molecular weight is 459 g/mol. The van der Waals surface area contributed by atoms with E-state index in [0.29, 0.717) is 52.4 Å². The fourth-order valence-electron chi connectivity index (χ4n) is 2.45. The molecule has 0 saturated heterocycles. The van der Waals surface area contributed by atoms with Gasteiger partial charge in [0.05, 0.1) is 39.6 Å². The molecule has 1 atom stereocenters. The van der Waals surface area contributed by atoms with Gasteiger partial charge in [0.15, 0.2) is 0 Å². The Balaban J connectivity index is 3.46. The second kappa shape index (κ2) is 19.8. The van der Waals surface area contributed by atoms with Crippen LogP contribution >= 0.6 is 0 Å². The molecule has 0 spiro atoms. The Morgan fingerprint density at radius 3 is 1.47 bits per heavy atom. The Bertz CT molecular complexity index is 552. The summed E-state index contributed by atoms with van der Waals surface area (Å²) in [5, 5.41) is 5.43. The van der Waals surface area contributed by atoms with E-state index in [1.807, 2.05) is 27.7 Å². The molecule has 0 aliphatic carbocycles. The molecule has 0 radical (unpaired) electrons. The van der Waals surface area contributed by atoms with Crippen LogP contribution in [0, 0.1) is 11.8 Å². The summed E-state index contributed by atoms with van der Waals surface area (Å²) in [6.45, 7) is 10.3. The third kappa shape index (κ3) is 17.8. The van der Waals surface area contributed by atoms with Crippen LogP contribution in [0.5, 0.6) is 0 Å². The molecular formula is C23H42N2O7. The van der Waals surface area contributed by atoms with Crippen LogP contribution in [0.2, 0.25) is 0 Å². The molecule has 2 amide bonds. The maximum absolute atomic E-state index is 11.7. The van der Waals surface area contributed by atoms with E-state index in [0.717, 1.165) is 6.42 Å². The van der Waals surface area contributed by atoms with Crippen molar-refractivity contribution in [1.82, 2.24) is 10.6 Å². The van der Waals surface area contributed by atoms with Crippen LogP contribution in [-0.2, 0) is 33.4 Å². The number of carbonyl (C=O) groups is 4. The fourth-order valence-corrected chi connectivity index (χ4v) is 2.45. The van der Waals surface area contributed by atoms with E-state index >= 15 is 0 Å². The molecule has 0 fully saturated rings. The zero-order valence-corrected chi connectivity index (χ0v) is 20.2. The van der Waals surface area contributed by atoms with Crippen molar-refractivity contribution in [2.75, 3.05) is 52.7 Å². The van der Waals surface area contributed by atoms with Gasteiger partial charge in [-0.1, -0.05) is 27.7 Å². The summed E-state index contributed by atoms with van der Waals surface area (Å²) in [4.78, 5) is 46.5. The first kappa shape index (κ1) is 30.2. The van der Waals surface area contributed by atoms with Crippen LogP contribution in [0.4, 0.5) is 0 Å². The largest absolute Gasteiger partial charge is 0.380 e. The normalized spacial score (nSPS) is 11.9. The van der Waals surface area contributed by atoms with E-state index in [-0.39, 0.29) is 61.3 Å². The molecule has 0 aromatic rings. The molecule has 9 nitrogen and oxygen atoms in total. The Labute approximate surface area is 192 Å². The number of ketones is 2. The van der Waals surface area contributed by atoms with E-state index < -0.39 is 0 Å². The number of hydrogen-bond donors (Lipinski definition) is 2. The van der Waals surface area contributed by atoms with Gasteiger partial charge in [0.1, 0.15) is 11.6 Å². The molecule has 0 aromatic carbocycles. The van der Waals surface area contributed by atoms with E-state index in [9.17, 15) is 19.2 Å². The zero-order chi connectivity index (χ0) is 24.2. The van der Waals surface area contributed by atoms with Crippen LogP contribution in [-0.4, -0.2) is 76.1 Å². The lowest BCUT2D eigenvalue weighted by Crippen LogP contribution is -2.29. The molecule has 0 heterocycles. The van der Waals surface area contributed by atoms with Gasteiger partial charge in [-0.05, 0) is 6.42 Å². The highest BCUT2D eigenvalue weighted by Gasteiger charge is 2.10. The molecule has 0 aliphatic heterocycles. The zero-order valence-electron chi connectivity index (χ0n) is 20.2. The van der Waals surface area contributed by atoms with Crippen molar-refractivity contribution >= 4 is 23.4 Å². The molecule has 186 valence electrons. The van der Waals surface area contributed by atoms with Crippen molar-refractivity contribution in [2.45, 2.75) is 59.8 Å². The van der Waals surface area contributed by atoms with Gasteiger partial charge in [-0.3, -0.25) is 19.2 Å². The Morgan fingerprint density at radius 1 is 0.625 bits per heavy atom. The first-order valence-electron chi connectivity index (χ1n) is 11.6. The second-order valence-electron chi connectivity index (χ2n) is 7.93. The fraction of sp³-hybridized carbons (Fsp3) is 0.826. The van der Waals surface area contributed by atoms with Crippen molar-refractivity contribution in [1.29, 1.82) is 0 Å². The molecule has 2 N–H and O–H groups in total. The number of rotatable bonds is 21. The summed E-state index contributed by atoms with van der Waals surface area (Å²) in [5.74, 6) is 0.141. The molecule has 0 bridgehead atoms. The van der Waals surface area contributed by atoms with E-state index in [2.05, 4.69) is 10.6 Å². The molecule has 0 aromatic heterocycles. The van der Waals surface area contributed by atoms with Crippen LogP contribution in [0.25, 0.3) is 0 Å². The monoisotopic (exact) mass is 458 g/mol. The predicted molar refractivity (Wildman–Crippen MR) is 121 cm³/mol. The lowest BCUT2D eigenvalue weighted by Gasteiger charge is -2.09. The number of carbonyl (C=O) groups excluding carboxylic acids is 4. The Morgan fingerprint density at radius 2 is 1.03 bits per heavy atom. The molecule has 0 saturated carbocycles. The van der Waals surface area contributed by atoms with Crippen LogP contribution < -0.4 is 10.6 Å². The van der Waals surface area contributed by atoms with Crippen LogP contribution in [0.1, 0.15) is 59.8 Å². The van der Waals surface area contributed by atoms with Crippen LogP contribution in [0.15, 0.2) is 0 Å². The summed E-state index contributed by atoms with van der Waals surface area (Å²) in [7, 11) is 0. The number of ether oxygens (including phenoxy) is 3. The third-order valence-electron chi connectivity index (χ3n) is 4.88. The lowest BCUT2D eigenvalue weighted by atomic mass is 10.0. The van der Waals surface area contributed by atoms with Crippen molar-refractivity contribution in [3.05, 3.63) is 0 Å². The maximum atomic E-state index is 11.7. The van der Waals surface area contributed by atoms with Crippen molar-refractivity contribution in [3.63, 3.8) is 0 Å². The summed E-state index contributed by atoms with van der Waals surface area (Å²) in [6, 6.07) is 0. The van der Waals surface area contributed by atoms with Crippen LogP contribution in [0.3, 0.4) is 0 Å². The number of nitrogens with one attached hydrogen (secondary N) is 2. The molecule has 0 rings (SSSR count). The summed E-state index contributed by atoms with van der Waals surface area (Å²) < 4.78 is 16.0. The van der Waals surface area contributed by atoms with E-state index in [1.54, 1.807) is 0 Å². The molecule has 1 unspecified atom stereocenters. The van der Waals surface area contributed by atoms with Gasteiger partial charge in [0.2, 0.25) is 11.8 Å². The van der Waals surface area contributed by atoms with Crippen molar-refractivity contribution in [3.8, 4) is 0 Å². The third-order valence-corrected chi connectivity index (χ3v) is 4.88. The number of amides is 2. The Hall–Kier alpha value is -1.84. The summed E-state index contributed by atoms with van der Waals surface area (Å²) >= 11 is 0. The topological polar surface area (TPSA) is 120 Å². The van der Waals surface area contributed by atoms with Crippen molar-refractivity contribution < 1.29 is 33.4 Å². The Kier molecular flexibility index (Phi) is 18.7. The van der Waals surface area contributed by atoms with Gasteiger partial charge >= 0.3 is 0 Å². The highest BCUT2D eigenvalue weighted by atomic mass is 16.5. The minimum absolute atomic E-state index is 0.0145. The minimum Gasteiger partial charge on any atom is -0.380 e. The lowest BCUT2D eigenvalue weighted by molar-refractivity contribution is -0.125. The van der Waals surface area contributed by atoms with Gasteiger partial charge in [-0.15, -0.1) is 0 Å². The maximum Gasteiger partial charge on any atom is 0.222 e. The highest BCUT2D eigenvalue weighted by Crippen LogP contribution is 2.04. The standard InChI is InChI=1S/C23H42N2O7/c1-5-19(4)21(27)7-13-32-17-11-25-23(29)9-15-30-14-8-22(28)24-10-16-31-12-6-20(26)18(2)3/h18-19H,5-17H2,1-4H3,(H,24,28)(H,25,29). The molecule has 0 aliphatic rings. The smallest absolute Gasteiger partial charge is 0.222 e. The van der Waals surface area contributed by atoms with Gasteiger partial charge in [-0.2, -0.15) is 0 Å². The van der Waals surface area contributed by atoms with Gasteiger partial charge in [0, 0.05) is 50.6 Å². The number of hydrogen-bond acceptors (Lipinski definition) is 7. The predicted octanol–water partition coefficient (Wildman–Crippen LogP) is 1.67. The summed E-state index contributed by atoms with van der Waals surface area (Å²) in [6.07, 6.45) is 2.03. The van der Waals surface area contributed by atoms with E-state index in [4.69, 9.17) is 14.2 Å². The number of Topliss-reactive ketones (excluding diaryl/α,β-unsaturated/α-hetero) is 2. The average Bonchev–Trinajstić information content (AvgIpc) is 2.76.